The number of aromatic hydroxyl groups is 2. The number of aryl methyl sites for hydroxylation is 1. The number of benzene rings is 6. The Balaban J connectivity index is 0.00000641. The fraction of sp³-hybridized carbons (Fsp3) is 0.0303. The molecule has 0 fully saturated rings. The minimum Gasteiger partial charge on any atom is -0.506 e. The van der Waals surface area contributed by atoms with Crippen LogP contribution in [-0.4, -0.2) is 55.1 Å². The summed E-state index contributed by atoms with van der Waals surface area (Å²) >= 11 is 0.754. The van der Waals surface area contributed by atoms with E-state index in [-0.39, 0.29) is 50.3 Å². The van der Waals surface area contributed by atoms with Gasteiger partial charge in [0, 0.05) is 44.2 Å². The SMILES string of the molecule is Cc1cc(N=Nc2c(S(O)(O)O)cc3cc(S(=O)(=O)O)ccc3c2O)c(O)cc1N=Nc1ccc(N=Nc2ccc(SOOO)cc2)c2ccc(S(=O)(=O)O)cc12.[Cu]. The summed E-state index contributed by atoms with van der Waals surface area (Å²) in [5.74, 6) is -1.25. The van der Waals surface area contributed by atoms with Gasteiger partial charge >= 0.3 is 0 Å². The van der Waals surface area contributed by atoms with Gasteiger partial charge in [-0.25, -0.2) is 5.26 Å². The molecule has 6 aromatic rings. The predicted molar refractivity (Wildman–Crippen MR) is 205 cm³/mol. The molecule has 0 aliphatic carbocycles. The molecule has 307 valence electrons. The molecule has 0 atom stereocenters. The third-order valence-electron chi connectivity index (χ3n) is 7.94. The minimum atomic E-state index is -4.67. The van der Waals surface area contributed by atoms with Gasteiger partial charge in [-0.05, 0) is 96.7 Å². The van der Waals surface area contributed by atoms with Crippen LogP contribution in [0.3, 0.4) is 0 Å². The smallest absolute Gasteiger partial charge is 0.294 e. The molecule has 0 unspecified atom stereocenters. The number of rotatable bonds is 12. The first-order valence-electron chi connectivity index (χ1n) is 15.5. The zero-order valence-electron chi connectivity index (χ0n) is 28.8. The van der Waals surface area contributed by atoms with Gasteiger partial charge in [0.25, 0.3) is 20.2 Å². The van der Waals surface area contributed by atoms with Crippen molar-refractivity contribution in [3.05, 3.63) is 96.6 Å². The number of azo groups is 3. The number of hydrogen-bond donors (Lipinski definition) is 8. The van der Waals surface area contributed by atoms with Gasteiger partial charge in [0.15, 0.2) is 5.75 Å². The Labute approximate surface area is 343 Å². The van der Waals surface area contributed by atoms with Gasteiger partial charge in [0.1, 0.15) is 28.0 Å². The Morgan fingerprint density at radius 2 is 1.16 bits per heavy atom. The first-order valence-corrected chi connectivity index (χ1v) is 20.6. The van der Waals surface area contributed by atoms with E-state index in [9.17, 15) is 49.8 Å². The molecule has 8 N–H and O–H groups in total. The van der Waals surface area contributed by atoms with Crippen LogP contribution in [-0.2, 0) is 46.7 Å². The van der Waals surface area contributed by atoms with Crippen LogP contribution in [0.1, 0.15) is 5.56 Å². The van der Waals surface area contributed by atoms with E-state index in [4.69, 9.17) is 5.26 Å². The van der Waals surface area contributed by atoms with Crippen LogP contribution in [0.2, 0.25) is 0 Å². The summed E-state index contributed by atoms with van der Waals surface area (Å²) in [6, 6.07) is 19.7. The summed E-state index contributed by atoms with van der Waals surface area (Å²) < 4.78 is 101. The standard InChI is InChI=1S/C33H26N6O14S4.Cu/c1-17-12-29(38-39-32-31(57(49,50)51)14-18-13-21(55(43,44)45)6-8-23(18)33(32)41)30(40)16-28(17)37-36-27-11-10-26(24-9-7-22(15-25(24)27)56(46,47)48)35-34-19-2-4-20(5-3-19)54-53-52-42;/h2-16,40-42,49-51H,1H3,(H,43,44,45)(H,46,47,48);. The van der Waals surface area contributed by atoms with Gasteiger partial charge in [0.05, 0.1) is 49.5 Å². The topological polar surface area (TPSA) is 323 Å². The van der Waals surface area contributed by atoms with E-state index in [1.165, 1.54) is 30.3 Å². The van der Waals surface area contributed by atoms with Crippen molar-refractivity contribution in [3.8, 4) is 11.5 Å². The number of nitrogens with zero attached hydrogens (tertiary/aromatic N) is 6. The van der Waals surface area contributed by atoms with Crippen molar-refractivity contribution in [1.29, 1.82) is 0 Å². The van der Waals surface area contributed by atoms with Crippen LogP contribution >= 0.6 is 22.9 Å². The Hall–Kier alpha value is -4.96. The second-order valence-electron chi connectivity index (χ2n) is 11.7. The maximum absolute atomic E-state index is 12.0. The van der Waals surface area contributed by atoms with Crippen molar-refractivity contribution < 1.29 is 81.5 Å². The van der Waals surface area contributed by atoms with E-state index >= 15 is 0 Å². The number of phenolic OH excluding ortho intramolecular Hbond substituents is 2. The van der Waals surface area contributed by atoms with Crippen molar-refractivity contribution in [3.63, 3.8) is 0 Å². The molecule has 6 rings (SSSR count). The Kier molecular flexibility index (Phi) is 13.3. The van der Waals surface area contributed by atoms with Crippen LogP contribution in [0.25, 0.3) is 21.5 Å². The van der Waals surface area contributed by atoms with Crippen molar-refractivity contribution in [1.82, 2.24) is 0 Å². The molecule has 25 heteroatoms. The molecule has 0 amide bonds. The van der Waals surface area contributed by atoms with Crippen LogP contribution in [0, 0.1) is 6.92 Å². The number of fused-ring (bicyclic) bond motifs is 2. The molecule has 0 aliphatic heterocycles. The zero-order valence-corrected chi connectivity index (χ0v) is 33.0. The molecule has 58 heavy (non-hydrogen) atoms. The Morgan fingerprint density at radius 1 is 0.586 bits per heavy atom. The predicted octanol–water partition coefficient (Wildman–Crippen LogP) is 10.5. The zero-order chi connectivity index (χ0) is 41.3. The summed E-state index contributed by atoms with van der Waals surface area (Å²) in [5.41, 5.74) is 0.524. The van der Waals surface area contributed by atoms with Crippen molar-refractivity contribution in [2.24, 2.45) is 30.7 Å². The van der Waals surface area contributed by atoms with Gasteiger partial charge in [-0.3, -0.25) is 9.11 Å². The minimum absolute atomic E-state index is 0. The summed E-state index contributed by atoms with van der Waals surface area (Å²) in [6.45, 7) is 1.57. The molecule has 0 bridgehead atoms. The van der Waals surface area contributed by atoms with Crippen molar-refractivity contribution >= 4 is 98.8 Å². The first kappa shape index (κ1) is 44.1. The quantitative estimate of drug-likeness (QED) is 0.0141. The molecule has 0 heterocycles. The first-order chi connectivity index (χ1) is 26.8. The maximum atomic E-state index is 12.0. The van der Waals surface area contributed by atoms with Gasteiger partial charge < -0.3 is 23.9 Å². The fourth-order valence-corrected chi connectivity index (χ4v) is 7.29. The van der Waals surface area contributed by atoms with Crippen LogP contribution in [0.5, 0.6) is 11.5 Å². The van der Waals surface area contributed by atoms with E-state index in [0.717, 1.165) is 42.4 Å². The third kappa shape index (κ3) is 10.0. The summed E-state index contributed by atoms with van der Waals surface area (Å²) in [6.07, 6.45) is 0. The normalized spacial score (nSPS) is 12.9. The van der Waals surface area contributed by atoms with Gasteiger partial charge in [-0.1, -0.05) is 11.1 Å². The van der Waals surface area contributed by atoms with E-state index < -0.39 is 63.0 Å². The molecule has 6 aromatic carbocycles. The second-order valence-corrected chi connectivity index (χ2v) is 16.8. The van der Waals surface area contributed by atoms with Crippen molar-refractivity contribution in [2.45, 2.75) is 26.5 Å². The molecule has 0 spiro atoms. The molecular formula is C33H26CuN6O14S4. The summed E-state index contributed by atoms with van der Waals surface area (Å²) in [7, 11) is -13.9. The van der Waals surface area contributed by atoms with E-state index in [2.05, 4.69) is 40.1 Å². The molecular weight excluding hydrogens is 896 g/mol. The van der Waals surface area contributed by atoms with E-state index in [0.29, 0.717) is 27.2 Å². The van der Waals surface area contributed by atoms with E-state index in [1.807, 2.05) is 0 Å². The van der Waals surface area contributed by atoms with Gasteiger partial charge in [-0.15, -0.1) is 24.8 Å². The molecule has 1 radical (unpaired) electrons. The Bertz CT molecular complexity index is 2880. The largest absolute Gasteiger partial charge is 0.506 e. The van der Waals surface area contributed by atoms with Crippen LogP contribution in [0.15, 0.2) is 141 Å². The van der Waals surface area contributed by atoms with Crippen molar-refractivity contribution in [2.75, 3.05) is 0 Å². The monoisotopic (exact) mass is 921 g/mol. The summed E-state index contributed by atoms with van der Waals surface area (Å²) in [4.78, 5) is -1.15. The molecule has 0 saturated carbocycles. The number of hydrogen-bond acceptors (Lipinski definition) is 19. The third-order valence-corrected chi connectivity index (χ3v) is 11.1. The van der Waals surface area contributed by atoms with Crippen LogP contribution in [0.4, 0.5) is 34.1 Å². The molecule has 0 saturated heterocycles. The van der Waals surface area contributed by atoms with Gasteiger partial charge in [0.2, 0.25) is 0 Å². The Morgan fingerprint density at radius 3 is 1.78 bits per heavy atom. The summed E-state index contributed by atoms with van der Waals surface area (Å²) in [5, 5.41) is 58.7. The fourth-order valence-electron chi connectivity index (χ4n) is 5.23. The molecule has 20 nitrogen and oxygen atoms in total. The van der Waals surface area contributed by atoms with E-state index in [1.54, 1.807) is 37.3 Å². The molecule has 0 aromatic heterocycles. The molecule has 0 aliphatic rings. The number of phenols is 2. The maximum Gasteiger partial charge on any atom is 0.294 e. The second kappa shape index (κ2) is 17.5. The van der Waals surface area contributed by atoms with Crippen LogP contribution < -0.4 is 0 Å². The van der Waals surface area contributed by atoms with Gasteiger partial charge in [-0.2, -0.15) is 27.1 Å². The average Bonchev–Trinajstić information content (AvgIpc) is 3.15. The average molecular weight is 922 g/mol.